The Kier molecular flexibility index (Phi) is 7.78. The van der Waals surface area contributed by atoms with Gasteiger partial charge in [-0.05, 0) is 68.5 Å². The third-order valence-corrected chi connectivity index (χ3v) is 6.44. The third kappa shape index (κ3) is 5.31. The number of aryl methyl sites for hydroxylation is 4. The maximum Gasteiger partial charge on any atom is 0.0363 e. The van der Waals surface area contributed by atoms with E-state index < -0.39 is 0 Å². The van der Waals surface area contributed by atoms with Gasteiger partial charge in [0.15, 0.2) is 0 Å². The van der Waals surface area contributed by atoms with Crippen LogP contribution in [0.25, 0.3) is 38.8 Å². The predicted molar refractivity (Wildman–Crippen MR) is 144 cm³/mol. The van der Waals surface area contributed by atoms with Gasteiger partial charge in [-0.25, -0.2) is 0 Å². The second kappa shape index (κ2) is 11.0. The molecule has 0 bridgehead atoms. The molecule has 0 aliphatic carbocycles. The number of nitrogens with zero attached hydrogens (tertiary/aromatic N) is 3. The van der Waals surface area contributed by atoms with Gasteiger partial charge < -0.3 is 14.4 Å². The molecule has 0 amide bonds. The van der Waals surface area contributed by atoms with Gasteiger partial charge in [0.1, 0.15) is 0 Å². The molecule has 181 valence electrons. The van der Waals surface area contributed by atoms with Crippen molar-refractivity contribution < 1.29 is 20.1 Å². The van der Waals surface area contributed by atoms with Gasteiger partial charge in [-0.15, -0.1) is 59.7 Å². The molecule has 6 aromatic rings. The van der Waals surface area contributed by atoms with Crippen LogP contribution in [0.15, 0.2) is 91.5 Å². The Hall–Kier alpha value is -3.59. The zero-order valence-electron chi connectivity index (χ0n) is 20.8. The average Bonchev–Trinajstić information content (AvgIpc) is 3.34. The molecule has 0 aliphatic rings. The predicted octanol–water partition coefficient (Wildman–Crippen LogP) is 7.73. The van der Waals surface area contributed by atoms with Crippen LogP contribution in [0.2, 0.25) is 0 Å². The molecule has 6 rings (SSSR count). The number of hydrogen-bond donors (Lipinski definition) is 0. The fraction of sp³-hybridized carbons (Fsp3) is 0.125. The van der Waals surface area contributed by atoms with Crippen molar-refractivity contribution in [2.45, 2.75) is 27.7 Å². The fourth-order valence-electron chi connectivity index (χ4n) is 4.04. The van der Waals surface area contributed by atoms with Gasteiger partial charge in [0.25, 0.3) is 0 Å². The van der Waals surface area contributed by atoms with E-state index in [2.05, 4.69) is 103 Å². The first-order chi connectivity index (χ1) is 17.0. The summed E-state index contributed by atoms with van der Waals surface area (Å²) in [6.07, 6.45) is 8.07. The van der Waals surface area contributed by atoms with E-state index in [-0.39, 0.29) is 20.1 Å². The SMILES string of the molecule is Cc1cnc(-c2[c-]ccc3cn4cccc4cc23)cc1C.Cc1cnc(-c2[c-]cccc2)cc1C.[Ir]. The quantitative estimate of drug-likeness (QED) is 0.181. The van der Waals surface area contributed by atoms with E-state index in [1.807, 2.05) is 42.7 Å². The smallest absolute Gasteiger partial charge is 0.0363 e. The summed E-state index contributed by atoms with van der Waals surface area (Å²) >= 11 is 0. The van der Waals surface area contributed by atoms with Crippen molar-refractivity contribution in [3.63, 3.8) is 0 Å². The summed E-state index contributed by atoms with van der Waals surface area (Å²) in [5.41, 5.74) is 10.3. The molecule has 4 heterocycles. The fourth-order valence-corrected chi connectivity index (χ4v) is 4.04. The number of aromatic nitrogens is 3. The van der Waals surface area contributed by atoms with E-state index in [1.54, 1.807) is 0 Å². The second-order valence-corrected chi connectivity index (χ2v) is 8.92. The summed E-state index contributed by atoms with van der Waals surface area (Å²) in [6.45, 7) is 8.38. The molecule has 1 radical (unpaired) electrons. The minimum absolute atomic E-state index is 0. The van der Waals surface area contributed by atoms with Crippen LogP contribution >= 0.6 is 0 Å². The Balaban J connectivity index is 0.000000178. The van der Waals surface area contributed by atoms with Gasteiger partial charge >= 0.3 is 0 Å². The molecule has 0 N–H and O–H groups in total. The molecular formula is C32H27IrN3-2. The number of fused-ring (bicyclic) bond motifs is 2. The Bertz CT molecular complexity index is 1630. The summed E-state index contributed by atoms with van der Waals surface area (Å²) in [6, 6.07) is 29.1. The number of benzene rings is 2. The van der Waals surface area contributed by atoms with Crippen LogP contribution in [-0.2, 0) is 20.1 Å². The van der Waals surface area contributed by atoms with Crippen LogP contribution in [0, 0.1) is 39.8 Å². The van der Waals surface area contributed by atoms with Crippen LogP contribution in [0.1, 0.15) is 22.3 Å². The minimum atomic E-state index is 0. The monoisotopic (exact) mass is 646 g/mol. The van der Waals surface area contributed by atoms with Crippen molar-refractivity contribution in [2.24, 2.45) is 0 Å². The molecule has 4 aromatic heterocycles. The standard InChI is InChI=1S/C19H15N2.C13H12N.Ir/c1-13-9-19(20-11-14(13)2)17-7-3-5-15-12-21-8-4-6-16(21)10-18(15)17;1-10-8-13(14-9-11(10)2)12-6-4-3-5-7-12;/h3-6,8-12H,1-2H3;3-6,8-9H,1-2H3;/q2*-1;. The van der Waals surface area contributed by atoms with Crippen molar-refractivity contribution in [1.82, 2.24) is 14.4 Å². The van der Waals surface area contributed by atoms with E-state index >= 15 is 0 Å². The molecule has 0 unspecified atom stereocenters. The molecule has 0 saturated carbocycles. The maximum atomic E-state index is 4.59. The summed E-state index contributed by atoms with van der Waals surface area (Å²) in [5.74, 6) is 0. The van der Waals surface area contributed by atoms with Crippen LogP contribution in [0.4, 0.5) is 0 Å². The Labute approximate surface area is 226 Å². The number of pyridine rings is 3. The van der Waals surface area contributed by atoms with Crippen molar-refractivity contribution in [3.8, 4) is 22.5 Å². The van der Waals surface area contributed by atoms with E-state index in [9.17, 15) is 0 Å². The zero-order chi connectivity index (χ0) is 24.4. The first-order valence-electron chi connectivity index (χ1n) is 11.7. The zero-order valence-corrected chi connectivity index (χ0v) is 23.2. The van der Waals surface area contributed by atoms with Crippen LogP contribution in [0.3, 0.4) is 0 Å². The van der Waals surface area contributed by atoms with E-state index in [1.165, 1.54) is 38.5 Å². The molecule has 4 heteroatoms. The first-order valence-corrected chi connectivity index (χ1v) is 11.7. The second-order valence-electron chi connectivity index (χ2n) is 8.92. The Morgan fingerprint density at radius 3 is 2.11 bits per heavy atom. The summed E-state index contributed by atoms with van der Waals surface area (Å²) in [7, 11) is 0. The average molecular weight is 646 g/mol. The van der Waals surface area contributed by atoms with Gasteiger partial charge in [-0.2, -0.15) is 0 Å². The number of hydrogen-bond acceptors (Lipinski definition) is 2. The van der Waals surface area contributed by atoms with Crippen molar-refractivity contribution in [2.75, 3.05) is 0 Å². The molecule has 0 aliphatic heterocycles. The van der Waals surface area contributed by atoms with Crippen molar-refractivity contribution >= 4 is 16.3 Å². The topological polar surface area (TPSA) is 30.2 Å². The molecule has 0 saturated heterocycles. The molecule has 3 nitrogen and oxygen atoms in total. The van der Waals surface area contributed by atoms with E-state index in [0.717, 1.165) is 22.5 Å². The third-order valence-electron chi connectivity index (χ3n) is 6.44. The van der Waals surface area contributed by atoms with Gasteiger partial charge in [0, 0.05) is 44.2 Å². The van der Waals surface area contributed by atoms with Crippen molar-refractivity contribution in [1.29, 1.82) is 0 Å². The summed E-state index contributed by atoms with van der Waals surface area (Å²) in [4.78, 5) is 8.97. The normalized spacial score (nSPS) is 10.6. The largest absolute Gasteiger partial charge is 0.326 e. The van der Waals surface area contributed by atoms with Gasteiger partial charge in [-0.1, -0.05) is 40.1 Å². The van der Waals surface area contributed by atoms with Gasteiger partial charge in [0.2, 0.25) is 0 Å². The summed E-state index contributed by atoms with van der Waals surface area (Å²) < 4.78 is 2.14. The molecular weight excluding hydrogens is 619 g/mol. The first kappa shape index (κ1) is 25.5. The summed E-state index contributed by atoms with van der Waals surface area (Å²) in [5, 5.41) is 2.40. The Morgan fingerprint density at radius 2 is 1.42 bits per heavy atom. The minimum Gasteiger partial charge on any atom is -0.326 e. The van der Waals surface area contributed by atoms with E-state index in [4.69, 9.17) is 0 Å². The molecule has 0 atom stereocenters. The van der Waals surface area contributed by atoms with Crippen LogP contribution < -0.4 is 0 Å². The van der Waals surface area contributed by atoms with Crippen LogP contribution in [-0.4, -0.2) is 14.4 Å². The number of rotatable bonds is 2. The Morgan fingerprint density at radius 1 is 0.694 bits per heavy atom. The molecule has 0 spiro atoms. The molecule has 0 fully saturated rings. The van der Waals surface area contributed by atoms with Crippen LogP contribution in [0.5, 0.6) is 0 Å². The van der Waals surface area contributed by atoms with Gasteiger partial charge in [0.05, 0.1) is 0 Å². The maximum absolute atomic E-state index is 4.59. The van der Waals surface area contributed by atoms with Gasteiger partial charge in [-0.3, -0.25) is 0 Å². The molecule has 2 aromatic carbocycles. The molecule has 36 heavy (non-hydrogen) atoms. The van der Waals surface area contributed by atoms with Crippen molar-refractivity contribution in [3.05, 3.63) is 126 Å². The van der Waals surface area contributed by atoms with E-state index in [0.29, 0.717) is 0 Å².